The third kappa shape index (κ3) is 7.57. The number of unbranched alkanes of at least 4 members (excludes halogenated alkanes) is 2. The first-order valence-electron chi connectivity index (χ1n) is 12.2. The van der Waals surface area contributed by atoms with Crippen LogP contribution in [0.15, 0.2) is 36.4 Å². The molecular weight excluding hydrogens is 442 g/mol. The number of amides is 3. The minimum atomic E-state index is -0.542. The minimum Gasteiger partial charge on any atom is -0.496 e. The summed E-state index contributed by atoms with van der Waals surface area (Å²) < 4.78 is 5.61. The molecule has 2 aromatic rings. The second kappa shape index (κ2) is 12.4. The Labute approximate surface area is 208 Å². The molecule has 1 atom stereocenters. The smallest absolute Gasteiger partial charge is 0.251 e. The van der Waals surface area contributed by atoms with E-state index < -0.39 is 5.91 Å². The highest BCUT2D eigenvalue weighted by molar-refractivity contribution is 5.97. The lowest BCUT2D eigenvalue weighted by atomic mass is 9.84. The van der Waals surface area contributed by atoms with E-state index in [1.165, 1.54) is 0 Å². The van der Waals surface area contributed by atoms with Crippen molar-refractivity contribution < 1.29 is 19.1 Å². The number of nitrogens with one attached hydrogen (secondary N) is 2. The summed E-state index contributed by atoms with van der Waals surface area (Å²) in [6, 6.07) is 10.5. The number of hydrogen-bond acceptors (Lipinski definition) is 4. The highest BCUT2D eigenvalue weighted by Gasteiger charge is 2.24. The Morgan fingerprint density at radius 3 is 2.29 bits per heavy atom. The summed E-state index contributed by atoms with van der Waals surface area (Å²) in [5.41, 5.74) is 8.50. The van der Waals surface area contributed by atoms with Crippen molar-refractivity contribution >= 4 is 23.4 Å². The van der Waals surface area contributed by atoms with Gasteiger partial charge >= 0.3 is 0 Å². The molecular formula is C28H39N3O4. The van der Waals surface area contributed by atoms with Crippen molar-refractivity contribution in [2.24, 2.45) is 5.73 Å². The van der Waals surface area contributed by atoms with Gasteiger partial charge < -0.3 is 21.1 Å². The van der Waals surface area contributed by atoms with Crippen LogP contribution in [0.25, 0.3) is 0 Å². The van der Waals surface area contributed by atoms with Crippen LogP contribution in [0.1, 0.15) is 97.6 Å². The number of primary amides is 1. The molecule has 7 heteroatoms. The summed E-state index contributed by atoms with van der Waals surface area (Å²) in [6.45, 7) is 8.29. The van der Waals surface area contributed by atoms with E-state index in [0.29, 0.717) is 22.6 Å². The van der Waals surface area contributed by atoms with Gasteiger partial charge in [-0.2, -0.15) is 0 Å². The van der Waals surface area contributed by atoms with E-state index in [0.717, 1.165) is 36.8 Å². The summed E-state index contributed by atoms with van der Waals surface area (Å²) in [5, 5.41) is 5.65. The van der Waals surface area contributed by atoms with Crippen LogP contribution in [-0.2, 0) is 10.2 Å². The van der Waals surface area contributed by atoms with Gasteiger partial charge in [0.2, 0.25) is 11.8 Å². The van der Waals surface area contributed by atoms with Crippen molar-refractivity contribution in [3.63, 3.8) is 0 Å². The van der Waals surface area contributed by atoms with Gasteiger partial charge in [-0.1, -0.05) is 59.1 Å². The SMILES string of the molecule is CCCCCC(CC(=O)Nc1cc(C(N)=O)ccc1C(C)(C)C)c1ccc(C(=O)NC)cc1OC. The Morgan fingerprint density at radius 2 is 1.71 bits per heavy atom. The van der Waals surface area contributed by atoms with Crippen LogP contribution in [0.5, 0.6) is 5.75 Å². The molecule has 0 saturated carbocycles. The van der Waals surface area contributed by atoms with Gasteiger partial charge in [-0.25, -0.2) is 0 Å². The van der Waals surface area contributed by atoms with Crippen LogP contribution >= 0.6 is 0 Å². The molecule has 0 aliphatic heterocycles. The topological polar surface area (TPSA) is 111 Å². The fourth-order valence-electron chi connectivity index (χ4n) is 4.22. The number of nitrogens with two attached hydrogens (primary N) is 1. The quantitative estimate of drug-likeness (QED) is 0.386. The second-order valence-electron chi connectivity index (χ2n) is 9.86. The number of benzene rings is 2. The Kier molecular flexibility index (Phi) is 9.87. The number of rotatable bonds is 11. The summed E-state index contributed by atoms with van der Waals surface area (Å²) in [5.74, 6) is -0.395. The molecule has 0 saturated heterocycles. The molecule has 0 bridgehead atoms. The van der Waals surface area contributed by atoms with Gasteiger partial charge in [0.1, 0.15) is 5.75 Å². The third-order valence-corrected chi connectivity index (χ3v) is 6.14. The predicted molar refractivity (Wildman–Crippen MR) is 140 cm³/mol. The lowest BCUT2D eigenvalue weighted by Gasteiger charge is -2.25. The average Bonchev–Trinajstić information content (AvgIpc) is 2.81. The van der Waals surface area contributed by atoms with E-state index in [2.05, 4.69) is 17.6 Å². The van der Waals surface area contributed by atoms with E-state index in [9.17, 15) is 14.4 Å². The zero-order valence-corrected chi connectivity index (χ0v) is 21.8. The summed E-state index contributed by atoms with van der Waals surface area (Å²) in [7, 11) is 3.15. The van der Waals surface area contributed by atoms with Crippen molar-refractivity contribution in [2.75, 3.05) is 19.5 Å². The molecule has 0 aromatic heterocycles. The molecule has 2 aromatic carbocycles. The monoisotopic (exact) mass is 481 g/mol. The van der Waals surface area contributed by atoms with Crippen LogP contribution in [-0.4, -0.2) is 31.9 Å². The number of anilines is 1. The van der Waals surface area contributed by atoms with Gasteiger partial charge in [-0.15, -0.1) is 0 Å². The molecule has 3 amide bonds. The van der Waals surface area contributed by atoms with E-state index in [1.54, 1.807) is 38.4 Å². The zero-order chi connectivity index (χ0) is 26.2. The highest BCUT2D eigenvalue weighted by Crippen LogP contribution is 2.35. The maximum Gasteiger partial charge on any atom is 0.251 e. The minimum absolute atomic E-state index is 0.0901. The lowest BCUT2D eigenvalue weighted by Crippen LogP contribution is -2.22. The first-order valence-corrected chi connectivity index (χ1v) is 12.2. The first-order chi connectivity index (χ1) is 16.5. The van der Waals surface area contributed by atoms with E-state index >= 15 is 0 Å². The normalized spacial score (nSPS) is 12.1. The zero-order valence-electron chi connectivity index (χ0n) is 21.8. The van der Waals surface area contributed by atoms with E-state index in [1.807, 2.05) is 32.9 Å². The van der Waals surface area contributed by atoms with Gasteiger partial charge in [0.25, 0.3) is 5.91 Å². The van der Waals surface area contributed by atoms with Gasteiger partial charge in [0.05, 0.1) is 7.11 Å². The molecule has 0 aliphatic rings. The molecule has 35 heavy (non-hydrogen) atoms. The van der Waals surface area contributed by atoms with Crippen LogP contribution in [0, 0.1) is 0 Å². The number of hydrogen-bond donors (Lipinski definition) is 3. The van der Waals surface area contributed by atoms with Crippen LogP contribution in [0.3, 0.4) is 0 Å². The fraction of sp³-hybridized carbons (Fsp3) is 0.464. The van der Waals surface area contributed by atoms with Gasteiger partial charge in [0.15, 0.2) is 0 Å². The molecule has 0 heterocycles. The van der Waals surface area contributed by atoms with Gasteiger partial charge in [-0.05, 0) is 53.1 Å². The number of carbonyl (C=O) groups is 3. The molecule has 0 spiro atoms. The molecule has 0 radical (unpaired) electrons. The van der Waals surface area contributed by atoms with Crippen LogP contribution in [0.2, 0.25) is 0 Å². The maximum absolute atomic E-state index is 13.3. The third-order valence-electron chi connectivity index (χ3n) is 6.14. The summed E-state index contributed by atoms with van der Waals surface area (Å²) in [6.07, 6.45) is 4.15. The van der Waals surface area contributed by atoms with Crippen molar-refractivity contribution in [2.45, 2.75) is 71.1 Å². The molecule has 4 N–H and O–H groups in total. The lowest BCUT2D eigenvalue weighted by molar-refractivity contribution is -0.116. The fourth-order valence-corrected chi connectivity index (χ4v) is 4.22. The molecule has 0 fully saturated rings. The molecule has 0 aliphatic carbocycles. The maximum atomic E-state index is 13.3. The molecule has 190 valence electrons. The second-order valence-corrected chi connectivity index (χ2v) is 9.86. The summed E-state index contributed by atoms with van der Waals surface area (Å²) >= 11 is 0. The molecule has 7 nitrogen and oxygen atoms in total. The Balaban J connectivity index is 2.37. The van der Waals surface area contributed by atoms with Crippen LogP contribution < -0.4 is 21.1 Å². The largest absolute Gasteiger partial charge is 0.496 e. The van der Waals surface area contributed by atoms with E-state index in [4.69, 9.17) is 10.5 Å². The molecule has 2 rings (SSSR count). The van der Waals surface area contributed by atoms with E-state index in [-0.39, 0.29) is 29.6 Å². The Morgan fingerprint density at radius 1 is 1.03 bits per heavy atom. The Hall–Kier alpha value is -3.35. The van der Waals surface area contributed by atoms with Gasteiger partial charge in [-0.3, -0.25) is 14.4 Å². The Bertz CT molecular complexity index is 1060. The summed E-state index contributed by atoms with van der Waals surface area (Å²) in [4.78, 5) is 37.1. The van der Waals surface area contributed by atoms with Crippen molar-refractivity contribution in [3.05, 3.63) is 58.7 Å². The molecule has 1 unspecified atom stereocenters. The highest BCUT2D eigenvalue weighted by atomic mass is 16.5. The van der Waals surface area contributed by atoms with Gasteiger partial charge in [0, 0.05) is 30.3 Å². The first kappa shape index (κ1) is 27.9. The number of ether oxygens (including phenoxy) is 1. The number of carbonyl (C=O) groups excluding carboxylic acids is 3. The average molecular weight is 482 g/mol. The number of methoxy groups -OCH3 is 1. The van der Waals surface area contributed by atoms with Crippen molar-refractivity contribution in [3.8, 4) is 5.75 Å². The van der Waals surface area contributed by atoms with Crippen LogP contribution in [0.4, 0.5) is 5.69 Å². The van der Waals surface area contributed by atoms with Crippen molar-refractivity contribution in [1.82, 2.24) is 5.32 Å². The van der Waals surface area contributed by atoms with Crippen molar-refractivity contribution in [1.29, 1.82) is 0 Å². The predicted octanol–water partition coefficient (Wildman–Crippen LogP) is 5.14. The standard InChI is InChI=1S/C28H39N3O4/c1-7-8-9-10-18(21-13-11-20(27(34)30-5)16-24(21)35-6)17-25(32)31-23-15-19(26(29)33)12-14-22(23)28(2,3)4/h11-16,18H,7-10,17H2,1-6H3,(H2,29,33)(H,30,34)(H,31,32).